The summed E-state index contributed by atoms with van der Waals surface area (Å²) in [4.78, 5) is 11.9. The van der Waals surface area contributed by atoms with Crippen LogP contribution in [0.3, 0.4) is 0 Å². The Morgan fingerprint density at radius 1 is 0.971 bits per heavy atom. The third-order valence-electron chi connectivity index (χ3n) is 6.97. The lowest BCUT2D eigenvalue weighted by molar-refractivity contribution is -0.143. The van der Waals surface area contributed by atoms with Gasteiger partial charge in [-0.05, 0) is 50.9 Å². The van der Waals surface area contributed by atoms with Crippen molar-refractivity contribution in [2.24, 2.45) is 11.8 Å². The van der Waals surface area contributed by atoms with E-state index in [9.17, 15) is 20.1 Å². The molecule has 0 spiro atoms. The molecule has 5 nitrogen and oxygen atoms in total. The van der Waals surface area contributed by atoms with Gasteiger partial charge in [-0.3, -0.25) is 4.79 Å². The van der Waals surface area contributed by atoms with Crippen LogP contribution in [0.1, 0.15) is 110 Å². The second kappa shape index (κ2) is 20.7. The van der Waals surface area contributed by atoms with E-state index in [1.165, 1.54) is 25.7 Å². The third-order valence-corrected chi connectivity index (χ3v) is 6.97. The highest BCUT2D eigenvalue weighted by Crippen LogP contribution is 2.36. The zero-order valence-corrected chi connectivity index (χ0v) is 22.2. The number of rotatable bonds is 21. The zero-order chi connectivity index (χ0) is 25.7. The first-order valence-corrected chi connectivity index (χ1v) is 14.1. The van der Waals surface area contributed by atoms with Crippen molar-refractivity contribution in [2.75, 3.05) is 6.61 Å². The first-order chi connectivity index (χ1) is 17.0. The van der Waals surface area contributed by atoms with E-state index in [1.54, 1.807) is 6.08 Å². The van der Waals surface area contributed by atoms with E-state index < -0.39 is 18.3 Å². The summed E-state index contributed by atoms with van der Waals surface area (Å²) >= 11 is 0. The summed E-state index contributed by atoms with van der Waals surface area (Å²) in [5, 5.41) is 30.9. The zero-order valence-electron chi connectivity index (χ0n) is 22.2. The van der Waals surface area contributed by atoms with Crippen molar-refractivity contribution >= 4 is 5.97 Å². The molecule has 0 bridgehead atoms. The normalized spacial score (nSPS) is 23.3. The van der Waals surface area contributed by atoms with Gasteiger partial charge in [0.05, 0.1) is 24.9 Å². The van der Waals surface area contributed by atoms with E-state index in [2.05, 4.69) is 19.6 Å². The second-order valence-corrected chi connectivity index (χ2v) is 10.1. The quantitative estimate of drug-likeness (QED) is 0.0978. The standard InChI is InChI=1S/C30H52O5/c1-3-5-7-8-9-10-13-17-23-35-30(34)20-16-12-11-15-19-26-27(29(33)24-28(26)32)22-21-25(31)18-14-6-4-2/h3,11,15,21-22,25-29,31-33H,1,4-10,12-14,16-20,23-24H2,2H3/b15-11-,22-21+/t25-,26+,27+,28-,29+/m0/s1. The van der Waals surface area contributed by atoms with Crippen LogP contribution in [0.5, 0.6) is 0 Å². The Morgan fingerprint density at radius 3 is 2.46 bits per heavy atom. The van der Waals surface area contributed by atoms with Crippen molar-refractivity contribution in [3.63, 3.8) is 0 Å². The number of hydrogen-bond donors (Lipinski definition) is 3. The fraction of sp³-hybridized carbons (Fsp3) is 0.767. The fourth-order valence-electron chi connectivity index (χ4n) is 4.75. The van der Waals surface area contributed by atoms with Crippen molar-refractivity contribution < 1.29 is 24.9 Å². The Kier molecular flexibility index (Phi) is 18.7. The summed E-state index contributed by atoms with van der Waals surface area (Å²) in [6, 6.07) is 0. The van der Waals surface area contributed by atoms with Crippen molar-refractivity contribution in [1.82, 2.24) is 0 Å². The molecule has 0 aromatic rings. The van der Waals surface area contributed by atoms with Gasteiger partial charge in [0.2, 0.25) is 0 Å². The number of hydrogen-bond acceptors (Lipinski definition) is 5. The Balaban J connectivity index is 2.17. The van der Waals surface area contributed by atoms with Crippen LogP contribution in [0, 0.1) is 11.8 Å². The minimum atomic E-state index is -0.575. The minimum Gasteiger partial charge on any atom is -0.466 e. The van der Waals surface area contributed by atoms with Gasteiger partial charge in [-0.15, -0.1) is 6.58 Å². The fourth-order valence-corrected chi connectivity index (χ4v) is 4.75. The largest absolute Gasteiger partial charge is 0.466 e. The van der Waals surface area contributed by atoms with Gasteiger partial charge in [0, 0.05) is 18.8 Å². The molecule has 0 saturated heterocycles. The molecule has 1 aliphatic carbocycles. The summed E-state index contributed by atoms with van der Waals surface area (Å²) in [6.45, 7) is 6.39. The second-order valence-electron chi connectivity index (χ2n) is 10.1. The molecule has 5 heteroatoms. The van der Waals surface area contributed by atoms with Crippen molar-refractivity contribution in [1.29, 1.82) is 0 Å². The van der Waals surface area contributed by atoms with Gasteiger partial charge in [-0.1, -0.05) is 82.2 Å². The van der Waals surface area contributed by atoms with Gasteiger partial charge in [-0.2, -0.15) is 0 Å². The summed E-state index contributed by atoms with van der Waals surface area (Å²) in [6.07, 6.45) is 23.2. The predicted octanol–water partition coefficient (Wildman–Crippen LogP) is 6.42. The van der Waals surface area contributed by atoms with Crippen LogP contribution >= 0.6 is 0 Å². The summed E-state index contributed by atoms with van der Waals surface area (Å²) in [7, 11) is 0. The number of carbonyl (C=O) groups is 1. The summed E-state index contributed by atoms with van der Waals surface area (Å²) < 4.78 is 5.33. The number of ether oxygens (including phenoxy) is 1. The molecule has 0 aromatic carbocycles. The van der Waals surface area contributed by atoms with E-state index in [0.717, 1.165) is 57.8 Å². The van der Waals surface area contributed by atoms with Crippen LogP contribution in [-0.4, -0.2) is 46.2 Å². The lowest BCUT2D eigenvalue weighted by atomic mass is 9.89. The average molecular weight is 493 g/mol. The van der Waals surface area contributed by atoms with Gasteiger partial charge >= 0.3 is 5.97 Å². The van der Waals surface area contributed by atoms with Gasteiger partial charge in [0.25, 0.3) is 0 Å². The Morgan fingerprint density at radius 2 is 1.71 bits per heavy atom. The molecular formula is C30H52O5. The smallest absolute Gasteiger partial charge is 0.305 e. The van der Waals surface area contributed by atoms with Crippen LogP contribution in [0.4, 0.5) is 0 Å². The number of unbranched alkanes of at least 4 members (excludes halogenated alkanes) is 9. The molecular weight excluding hydrogens is 440 g/mol. The molecule has 202 valence electrons. The maximum absolute atomic E-state index is 11.9. The highest BCUT2D eigenvalue weighted by molar-refractivity contribution is 5.69. The van der Waals surface area contributed by atoms with Crippen molar-refractivity contribution in [3.05, 3.63) is 37.0 Å². The average Bonchev–Trinajstić information content (AvgIpc) is 3.10. The minimum absolute atomic E-state index is 0.0488. The van der Waals surface area contributed by atoms with E-state index >= 15 is 0 Å². The third kappa shape index (κ3) is 15.3. The van der Waals surface area contributed by atoms with Crippen molar-refractivity contribution in [3.8, 4) is 0 Å². The van der Waals surface area contributed by atoms with Gasteiger partial charge in [0.15, 0.2) is 0 Å². The van der Waals surface area contributed by atoms with Gasteiger partial charge in [0.1, 0.15) is 0 Å². The molecule has 1 saturated carbocycles. The van der Waals surface area contributed by atoms with Crippen LogP contribution in [0.25, 0.3) is 0 Å². The van der Waals surface area contributed by atoms with E-state index in [1.807, 2.05) is 18.2 Å². The van der Waals surface area contributed by atoms with Crippen LogP contribution < -0.4 is 0 Å². The number of aliphatic hydroxyl groups excluding tert-OH is 3. The number of carbonyl (C=O) groups excluding carboxylic acids is 1. The molecule has 0 aliphatic heterocycles. The number of aliphatic hydroxyl groups is 3. The molecule has 3 N–H and O–H groups in total. The highest BCUT2D eigenvalue weighted by Gasteiger charge is 2.39. The van der Waals surface area contributed by atoms with Crippen LogP contribution in [0.15, 0.2) is 37.0 Å². The SMILES string of the molecule is C=CCCCCCCCCOC(=O)CCC/C=C\C[C@@H]1[C@@H](/C=C/[C@@H](O)CCCCC)[C@H](O)C[C@@H]1O. The number of allylic oxidation sites excluding steroid dienone is 3. The lowest BCUT2D eigenvalue weighted by Crippen LogP contribution is -2.20. The van der Waals surface area contributed by atoms with Crippen LogP contribution in [0.2, 0.25) is 0 Å². The molecule has 0 radical (unpaired) electrons. The molecule has 5 atom stereocenters. The van der Waals surface area contributed by atoms with E-state index in [-0.39, 0.29) is 17.8 Å². The molecule has 0 aromatic heterocycles. The van der Waals surface area contributed by atoms with E-state index in [0.29, 0.717) is 25.9 Å². The number of esters is 1. The molecule has 0 amide bonds. The maximum Gasteiger partial charge on any atom is 0.305 e. The monoisotopic (exact) mass is 492 g/mol. The van der Waals surface area contributed by atoms with Gasteiger partial charge in [-0.25, -0.2) is 0 Å². The maximum atomic E-state index is 11.9. The molecule has 0 unspecified atom stereocenters. The first-order valence-electron chi connectivity index (χ1n) is 14.1. The Hall–Kier alpha value is -1.43. The summed E-state index contributed by atoms with van der Waals surface area (Å²) in [5.74, 6) is -0.314. The van der Waals surface area contributed by atoms with Gasteiger partial charge < -0.3 is 20.1 Å². The molecule has 1 rings (SSSR count). The highest BCUT2D eigenvalue weighted by atomic mass is 16.5. The first kappa shape index (κ1) is 31.6. The Bertz CT molecular complexity index is 600. The Labute approximate surface area is 214 Å². The topological polar surface area (TPSA) is 87.0 Å². The summed E-state index contributed by atoms with van der Waals surface area (Å²) in [5.41, 5.74) is 0. The predicted molar refractivity (Wildman–Crippen MR) is 144 cm³/mol. The molecule has 1 fully saturated rings. The molecule has 35 heavy (non-hydrogen) atoms. The van der Waals surface area contributed by atoms with Crippen molar-refractivity contribution in [2.45, 2.75) is 128 Å². The van der Waals surface area contributed by atoms with Crippen LogP contribution in [-0.2, 0) is 9.53 Å². The molecule has 1 aliphatic rings. The lowest BCUT2D eigenvalue weighted by Gasteiger charge is -2.19. The molecule has 0 heterocycles. The van der Waals surface area contributed by atoms with E-state index in [4.69, 9.17) is 4.74 Å².